The first kappa shape index (κ1) is 14.1. The Kier molecular flexibility index (Phi) is 5.51. The third-order valence-electron chi connectivity index (χ3n) is 2.57. The SMILES string of the molecule is CC(=O)OC(S)C(Cc1ccccc1)N(C)C. The molecule has 1 aromatic carbocycles. The summed E-state index contributed by atoms with van der Waals surface area (Å²) in [6.07, 6.45) is 0.801. The van der Waals surface area contributed by atoms with Crippen LogP contribution < -0.4 is 0 Å². The van der Waals surface area contributed by atoms with Gasteiger partial charge in [0.05, 0.1) is 6.04 Å². The molecule has 0 aromatic heterocycles. The summed E-state index contributed by atoms with van der Waals surface area (Å²) >= 11 is 4.35. The number of hydrogen-bond donors (Lipinski definition) is 1. The quantitative estimate of drug-likeness (QED) is 0.494. The number of hydrogen-bond acceptors (Lipinski definition) is 4. The minimum Gasteiger partial charge on any atom is -0.450 e. The minimum absolute atomic E-state index is 0.0598. The van der Waals surface area contributed by atoms with Gasteiger partial charge in [-0.1, -0.05) is 30.3 Å². The number of nitrogens with zero attached hydrogens (tertiary/aromatic N) is 1. The molecule has 1 aromatic rings. The monoisotopic (exact) mass is 253 g/mol. The first-order valence-electron chi connectivity index (χ1n) is 5.56. The van der Waals surface area contributed by atoms with Gasteiger partial charge in [0.25, 0.3) is 0 Å². The van der Waals surface area contributed by atoms with E-state index in [1.54, 1.807) is 0 Å². The van der Waals surface area contributed by atoms with E-state index in [0.29, 0.717) is 0 Å². The highest BCUT2D eigenvalue weighted by Crippen LogP contribution is 2.15. The lowest BCUT2D eigenvalue weighted by Crippen LogP contribution is -2.40. The zero-order chi connectivity index (χ0) is 12.8. The maximum atomic E-state index is 10.9. The Hall–Kier alpha value is -1.00. The largest absolute Gasteiger partial charge is 0.450 e. The molecule has 0 heterocycles. The molecule has 0 saturated heterocycles. The standard InChI is InChI=1S/C13H19NO2S/c1-10(15)16-13(17)12(14(2)3)9-11-7-5-4-6-8-11/h4-8,12-13,17H,9H2,1-3H3. The van der Waals surface area contributed by atoms with Crippen LogP contribution in [0.1, 0.15) is 12.5 Å². The van der Waals surface area contributed by atoms with Crippen molar-refractivity contribution in [1.29, 1.82) is 0 Å². The van der Waals surface area contributed by atoms with Crippen molar-refractivity contribution in [2.75, 3.05) is 14.1 Å². The summed E-state index contributed by atoms with van der Waals surface area (Å²) in [4.78, 5) is 13.0. The molecule has 0 fully saturated rings. The van der Waals surface area contributed by atoms with Crippen molar-refractivity contribution in [3.05, 3.63) is 35.9 Å². The molecule has 0 aliphatic heterocycles. The summed E-state index contributed by atoms with van der Waals surface area (Å²) in [7, 11) is 3.92. The molecule has 2 unspecified atom stereocenters. The Bertz CT molecular complexity index is 354. The Morgan fingerprint density at radius 3 is 2.41 bits per heavy atom. The van der Waals surface area contributed by atoms with Gasteiger partial charge in [0.15, 0.2) is 5.44 Å². The Morgan fingerprint density at radius 1 is 1.35 bits per heavy atom. The van der Waals surface area contributed by atoms with Crippen molar-refractivity contribution >= 4 is 18.6 Å². The van der Waals surface area contributed by atoms with Crippen molar-refractivity contribution in [2.45, 2.75) is 24.8 Å². The maximum Gasteiger partial charge on any atom is 0.303 e. The number of esters is 1. The molecule has 0 radical (unpaired) electrons. The molecule has 17 heavy (non-hydrogen) atoms. The third kappa shape index (κ3) is 4.79. The van der Waals surface area contributed by atoms with Gasteiger partial charge in [-0.3, -0.25) is 4.79 Å². The average Bonchev–Trinajstić information content (AvgIpc) is 2.25. The van der Waals surface area contributed by atoms with Gasteiger partial charge in [0.1, 0.15) is 0 Å². The van der Waals surface area contributed by atoms with Crippen molar-refractivity contribution in [3.8, 4) is 0 Å². The molecule has 0 N–H and O–H groups in total. The molecule has 3 nitrogen and oxygen atoms in total. The Labute approximate surface area is 108 Å². The first-order valence-corrected chi connectivity index (χ1v) is 6.08. The Morgan fingerprint density at radius 2 is 1.94 bits per heavy atom. The van der Waals surface area contributed by atoms with Gasteiger partial charge < -0.3 is 9.64 Å². The van der Waals surface area contributed by atoms with Gasteiger partial charge in [0, 0.05) is 6.92 Å². The maximum absolute atomic E-state index is 10.9. The molecule has 94 valence electrons. The van der Waals surface area contributed by atoms with Crippen molar-refractivity contribution in [3.63, 3.8) is 0 Å². The molecular weight excluding hydrogens is 234 g/mol. The van der Waals surface area contributed by atoms with E-state index in [-0.39, 0.29) is 12.0 Å². The summed E-state index contributed by atoms with van der Waals surface area (Å²) in [6.45, 7) is 1.40. The van der Waals surface area contributed by atoms with E-state index in [1.807, 2.05) is 37.2 Å². The van der Waals surface area contributed by atoms with E-state index in [4.69, 9.17) is 4.74 Å². The second-order valence-corrected chi connectivity index (χ2v) is 4.73. The molecule has 0 bridgehead atoms. The van der Waals surface area contributed by atoms with E-state index in [1.165, 1.54) is 12.5 Å². The fraction of sp³-hybridized carbons (Fsp3) is 0.462. The predicted octanol–water partition coefficient (Wildman–Crippen LogP) is 1.98. The predicted molar refractivity (Wildman–Crippen MR) is 72.2 cm³/mol. The van der Waals surface area contributed by atoms with Crippen LogP contribution in [-0.4, -0.2) is 36.4 Å². The number of benzene rings is 1. The lowest BCUT2D eigenvalue weighted by molar-refractivity contribution is -0.144. The van der Waals surface area contributed by atoms with Crippen LogP contribution in [0, 0.1) is 0 Å². The van der Waals surface area contributed by atoms with Crippen molar-refractivity contribution in [2.24, 2.45) is 0 Å². The number of likely N-dealkylation sites (N-methyl/N-ethyl adjacent to an activating group) is 1. The van der Waals surface area contributed by atoms with E-state index in [2.05, 4.69) is 24.8 Å². The van der Waals surface area contributed by atoms with Gasteiger partial charge in [-0.05, 0) is 26.1 Å². The highest BCUT2D eigenvalue weighted by Gasteiger charge is 2.23. The second-order valence-electron chi connectivity index (χ2n) is 4.22. The Balaban J connectivity index is 2.70. The van der Waals surface area contributed by atoms with Gasteiger partial charge in [-0.25, -0.2) is 0 Å². The molecule has 0 aliphatic rings. The van der Waals surface area contributed by atoms with Crippen LogP contribution in [-0.2, 0) is 16.0 Å². The summed E-state index contributed by atoms with van der Waals surface area (Å²) in [5.74, 6) is -0.301. The van der Waals surface area contributed by atoms with Crippen molar-refractivity contribution < 1.29 is 9.53 Å². The molecule has 4 heteroatoms. The van der Waals surface area contributed by atoms with Gasteiger partial charge in [-0.15, -0.1) is 12.6 Å². The lowest BCUT2D eigenvalue weighted by atomic mass is 10.1. The highest BCUT2D eigenvalue weighted by molar-refractivity contribution is 7.80. The van der Waals surface area contributed by atoms with Crippen LogP contribution in [0.3, 0.4) is 0 Å². The minimum atomic E-state index is -0.414. The van der Waals surface area contributed by atoms with Crippen LogP contribution >= 0.6 is 12.6 Å². The van der Waals surface area contributed by atoms with Crippen LogP contribution in [0.15, 0.2) is 30.3 Å². The average molecular weight is 253 g/mol. The zero-order valence-corrected chi connectivity index (χ0v) is 11.4. The summed E-state index contributed by atoms with van der Waals surface area (Å²) in [5, 5.41) is 0. The van der Waals surface area contributed by atoms with Gasteiger partial charge in [0.2, 0.25) is 0 Å². The van der Waals surface area contributed by atoms with E-state index < -0.39 is 5.44 Å². The number of carbonyl (C=O) groups excluding carboxylic acids is 1. The topological polar surface area (TPSA) is 29.5 Å². The van der Waals surface area contributed by atoms with Gasteiger partial charge in [-0.2, -0.15) is 0 Å². The molecule has 2 atom stereocenters. The first-order chi connectivity index (χ1) is 8.00. The third-order valence-corrected chi connectivity index (χ3v) is 3.02. The number of rotatable bonds is 5. The number of carbonyl (C=O) groups is 1. The molecular formula is C13H19NO2S. The van der Waals surface area contributed by atoms with Gasteiger partial charge >= 0.3 is 5.97 Å². The van der Waals surface area contributed by atoms with Crippen LogP contribution in [0.2, 0.25) is 0 Å². The fourth-order valence-corrected chi connectivity index (χ4v) is 2.16. The molecule has 1 rings (SSSR count). The normalized spacial score (nSPS) is 14.4. The van der Waals surface area contributed by atoms with Crippen LogP contribution in [0.5, 0.6) is 0 Å². The second kappa shape index (κ2) is 6.67. The van der Waals surface area contributed by atoms with Crippen molar-refractivity contribution in [1.82, 2.24) is 4.90 Å². The molecule has 0 spiro atoms. The summed E-state index contributed by atoms with van der Waals surface area (Å²) < 4.78 is 5.13. The van der Waals surface area contributed by atoms with E-state index in [9.17, 15) is 4.79 Å². The number of thiol groups is 1. The molecule has 0 aliphatic carbocycles. The molecule has 0 amide bonds. The zero-order valence-electron chi connectivity index (χ0n) is 10.5. The summed E-state index contributed by atoms with van der Waals surface area (Å²) in [6, 6.07) is 10.2. The highest BCUT2D eigenvalue weighted by atomic mass is 32.1. The van der Waals surface area contributed by atoms with E-state index in [0.717, 1.165) is 6.42 Å². The summed E-state index contributed by atoms with van der Waals surface area (Å²) in [5.41, 5.74) is 0.792. The van der Waals surface area contributed by atoms with Crippen LogP contribution in [0.25, 0.3) is 0 Å². The molecule has 0 saturated carbocycles. The fourth-order valence-electron chi connectivity index (χ4n) is 1.64. The van der Waals surface area contributed by atoms with Crippen LogP contribution in [0.4, 0.5) is 0 Å². The number of ether oxygens (including phenoxy) is 1. The lowest BCUT2D eigenvalue weighted by Gasteiger charge is -2.28. The smallest absolute Gasteiger partial charge is 0.303 e. The van der Waals surface area contributed by atoms with E-state index >= 15 is 0 Å².